The van der Waals surface area contributed by atoms with Crippen molar-refractivity contribution in [2.45, 2.75) is 12.5 Å². The first-order valence-electron chi connectivity index (χ1n) is 7.54. The van der Waals surface area contributed by atoms with Crippen molar-refractivity contribution in [1.82, 2.24) is 5.06 Å². The van der Waals surface area contributed by atoms with Gasteiger partial charge in [0.25, 0.3) is 5.91 Å². The Morgan fingerprint density at radius 1 is 1.16 bits per heavy atom. The molecule has 0 saturated carbocycles. The molecule has 0 bridgehead atoms. The van der Waals surface area contributed by atoms with Crippen molar-refractivity contribution in [2.24, 2.45) is 5.73 Å². The van der Waals surface area contributed by atoms with E-state index in [2.05, 4.69) is 0 Å². The third-order valence-corrected chi connectivity index (χ3v) is 3.69. The van der Waals surface area contributed by atoms with Crippen LogP contribution in [-0.4, -0.2) is 37.3 Å². The van der Waals surface area contributed by atoms with E-state index in [9.17, 15) is 14.0 Å². The second-order valence-electron chi connectivity index (χ2n) is 5.29. The number of carbonyl (C=O) groups excluding carboxylic acids is 2. The van der Waals surface area contributed by atoms with Gasteiger partial charge in [0.05, 0.1) is 7.11 Å². The highest BCUT2D eigenvalue weighted by Gasteiger charge is 2.27. The highest BCUT2D eigenvalue weighted by molar-refractivity contribution is 5.82. The van der Waals surface area contributed by atoms with Crippen molar-refractivity contribution in [2.75, 3.05) is 14.2 Å². The number of carbonyl (C=O) groups is 2. The van der Waals surface area contributed by atoms with Gasteiger partial charge in [-0.05, 0) is 11.1 Å². The van der Waals surface area contributed by atoms with Gasteiger partial charge in [-0.2, -0.15) is 0 Å². The third kappa shape index (κ3) is 4.54. The minimum absolute atomic E-state index is 0.165. The van der Waals surface area contributed by atoms with E-state index < -0.39 is 23.9 Å². The summed E-state index contributed by atoms with van der Waals surface area (Å²) in [5, 5.41) is 0.895. The molecule has 1 unspecified atom stereocenters. The van der Waals surface area contributed by atoms with Gasteiger partial charge in [0.1, 0.15) is 5.82 Å². The lowest BCUT2D eigenvalue weighted by Gasteiger charge is -2.21. The lowest BCUT2D eigenvalue weighted by Crippen LogP contribution is -2.41. The fraction of sp³-hybridized carbons (Fsp3) is 0.222. The van der Waals surface area contributed by atoms with E-state index in [4.69, 9.17) is 15.3 Å². The molecule has 0 aromatic heterocycles. The molecule has 132 valence electrons. The maximum absolute atomic E-state index is 14.9. The molecule has 1 atom stereocenters. The van der Waals surface area contributed by atoms with E-state index in [1.165, 1.54) is 20.2 Å². The molecule has 0 radical (unpaired) electrons. The van der Waals surface area contributed by atoms with Gasteiger partial charge in [0.15, 0.2) is 6.10 Å². The number of hydrogen-bond acceptors (Lipinski definition) is 4. The number of hydroxylamine groups is 2. The molecule has 6 nitrogen and oxygen atoms in total. The second kappa shape index (κ2) is 8.25. The molecule has 0 heterocycles. The average molecular weight is 346 g/mol. The number of rotatable bonds is 6. The number of nitrogens with two attached hydrogens (primary N) is 1. The summed E-state index contributed by atoms with van der Waals surface area (Å²) in [6, 6.07) is 13.8. The Labute approximate surface area is 144 Å². The van der Waals surface area contributed by atoms with Crippen molar-refractivity contribution in [1.29, 1.82) is 0 Å². The van der Waals surface area contributed by atoms with Crippen molar-refractivity contribution >= 4 is 12.0 Å². The number of halogens is 1. The summed E-state index contributed by atoms with van der Waals surface area (Å²) in [5.74, 6) is -1.13. The first-order valence-corrected chi connectivity index (χ1v) is 7.54. The van der Waals surface area contributed by atoms with Gasteiger partial charge in [-0.25, -0.2) is 14.2 Å². The number of ether oxygens (including phenoxy) is 1. The molecule has 7 heteroatoms. The maximum Gasteiger partial charge on any atom is 0.405 e. The van der Waals surface area contributed by atoms with Gasteiger partial charge in [-0.3, -0.25) is 9.63 Å². The van der Waals surface area contributed by atoms with Crippen LogP contribution in [0.2, 0.25) is 0 Å². The third-order valence-electron chi connectivity index (χ3n) is 3.69. The van der Waals surface area contributed by atoms with Crippen LogP contribution >= 0.6 is 0 Å². The number of likely N-dealkylation sites (N-methyl/N-ethyl adjacent to an activating group) is 1. The standard InChI is InChI=1S/C18H19FN2O4/c1-21(24-2)17(22)15(25-18(20)23)11-13-9-6-10-14(16(13)19)12-7-4-3-5-8-12/h3-10,15H,11H2,1-2H3,(H2,20,23). The Balaban J connectivity index is 2.33. The van der Waals surface area contributed by atoms with E-state index in [0.29, 0.717) is 11.1 Å². The topological polar surface area (TPSA) is 81.9 Å². The van der Waals surface area contributed by atoms with Crippen LogP contribution in [0.4, 0.5) is 9.18 Å². The van der Waals surface area contributed by atoms with E-state index in [-0.39, 0.29) is 12.0 Å². The van der Waals surface area contributed by atoms with Crippen LogP contribution in [0, 0.1) is 5.82 Å². The van der Waals surface area contributed by atoms with Crippen LogP contribution in [0.1, 0.15) is 5.56 Å². The number of nitrogens with zero attached hydrogens (tertiary/aromatic N) is 1. The van der Waals surface area contributed by atoms with E-state index >= 15 is 0 Å². The summed E-state index contributed by atoms with van der Waals surface area (Å²) < 4.78 is 19.7. The van der Waals surface area contributed by atoms with Gasteiger partial charge >= 0.3 is 6.09 Å². The quantitative estimate of drug-likeness (QED) is 0.815. The highest BCUT2D eigenvalue weighted by Crippen LogP contribution is 2.26. The Hall–Kier alpha value is -2.93. The maximum atomic E-state index is 14.9. The van der Waals surface area contributed by atoms with Gasteiger partial charge in [0, 0.05) is 19.0 Å². The summed E-state index contributed by atoms with van der Waals surface area (Å²) in [5.41, 5.74) is 6.34. The Bertz CT molecular complexity index is 752. The Morgan fingerprint density at radius 3 is 2.44 bits per heavy atom. The molecular weight excluding hydrogens is 327 g/mol. The molecular formula is C18H19FN2O4. The van der Waals surface area contributed by atoms with Crippen molar-refractivity contribution in [3.63, 3.8) is 0 Å². The van der Waals surface area contributed by atoms with Crippen LogP contribution in [0.5, 0.6) is 0 Å². The van der Waals surface area contributed by atoms with Crippen molar-refractivity contribution < 1.29 is 23.6 Å². The second-order valence-corrected chi connectivity index (χ2v) is 5.29. The first-order chi connectivity index (χ1) is 11.9. The number of amides is 2. The lowest BCUT2D eigenvalue weighted by molar-refractivity contribution is -0.177. The van der Waals surface area contributed by atoms with Gasteiger partial charge in [-0.1, -0.05) is 48.5 Å². The largest absolute Gasteiger partial charge is 0.436 e. The summed E-state index contributed by atoms with van der Waals surface area (Å²) in [6.07, 6.45) is -2.58. The van der Waals surface area contributed by atoms with E-state index in [1.807, 2.05) is 6.07 Å². The minimum atomic E-state index is -1.29. The van der Waals surface area contributed by atoms with E-state index in [1.54, 1.807) is 36.4 Å². The lowest BCUT2D eigenvalue weighted by atomic mass is 9.99. The van der Waals surface area contributed by atoms with Crippen LogP contribution in [0.3, 0.4) is 0 Å². The minimum Gasteiger partial charge on any atom is -0.436 e. The van der Waals surface area contributed by atoms with Gasteiger partial charge in [-0.15, -0.1) is 0 Å². The molecule has 2 aromatic carbocycles. The van der Waals surface area contributed by atoms with Gasteiger partial charge in [0.2, 0.25) is 0 Å². The summed E-state index contributed by atoms with van der Waals surface area (Å²) in [6.45, 7) is 0. The van der Waals surface area contributed by atoms with Gasteiger partial charge < -0.3 is 10.5 Å². The zero-order chi connectivity index (χ0) is 18.4. The van der Waals surface area contributed by atoms with Crippen LogP contribution < -0.4 is 5.73 Å². The molecule has 0 fully saturated rings. The van der Waals surface area contributed by atoms with Crippen molar-refractivity contribution in [3.8, 4) is 11.1 Å². The Kier molecular flexibility index (Phi) is 6.08. The highest BCUT2D eigenvalue weighted by atomic mass is 19.1. The zero-order valence-electron chi connectivity index (χ0n) is 13.9. The molecule has 25 heavy (non-hydrogen) atoms. The molecule has 2 rings (SSSR count). The summed E-state index contributed by atoms with van der Waals surface area (Å²) in [7, 11) is 2.65. The predicted molar refractivity (Wildman–Crippen MR) is 89.8 cm³/mol. The fourth-order valence-electron chi connectivity index (χ4n) is 2.39. The molecule has 0 aliphatic heterocycles. The molecule has 2 amide bonds. The molecule has 2 N–H and O–H groups in total. The van der Waals surface area contributed by atoms with Crippen molar-refractivity contribution in [3.05, 3.63) is 59.9 Å². The molecule has 2 aromatic rings. The number of primary amides is 1. The first kappa shape index (κ1) is 18.4. The fourth-order valence-corrected chi connectivity index (χ4v) is 2.39. The normalized spacial score (nSPS) is 11.6. The number of benzene rings is 2. The average Bonchev–Trinajstić information content (AvgIpc) is 2.61. The summed E-state index contributed by atoms with van der Waals surface area (Å²) >= 11 is 0. The zero-order valence-corrected chi connectivity index (χ0v) is 13.9. The smallest absolute Gasteiger partial charge is 0.405 e. The molecule has 0 saturated heterocycles. The predicted octanol–water partition coefficient (Wildman–Crippen LogP) is 2.52. The number of hydrogen-bond donors (Lipinski definition) is 1. The SMILES string of the molecule is CON(C)C(=O)C(Cc1cccc(-c2ccccc2)c1F)OC(N)=O. The molecule has 0 spiro atoms. The Morgan fingerprint density at radius 2 is 1.84 bits per heavy atom. The summed E-state index contributed by atoms with van der Waals surface area (Å²) in [4.78, 5) is 28.1. The van der Waals surface area contributed by atoms with E-state index in [0.717, 1.165) is 5.06 Å². The van der Waals surface area contributed by atoms with Crippen LogP contribution in [-0.2, 0) is 20.8 Å². The van der Waals surface area contributed by atoms with Crippen LogP contribution in [0.15, 0.2) is 48.5 Å². The molecule has 0 aliphatic rings. The molecule has 0 aliphatic carbocycles. The van der Waals surface area contributed by atoms with Crippen LogP contribution in [0.25, 0.3) is 11.1 Å². The monoisotopic (exact) mass is 346 g/mol.